The van der Waals surface area contributed by atoms with Gasteiger partial charge in [0, 0.05) is 36.3 Å². The van der Waals surface area contributed by atoms with E-state index in [1.807, 2.05) is 36.4 Å². The first kappa shape index (κ1) is 31.2. The second kappa shape index (κ2) is 13.7. The molecule has 0 aliphatic rings. The van der Waals surface area contributed by atoms with Gasteiger partial charge in [-0.05, 0) is 74.7 Å². The van der Waals surface area contributed by atoms with Gasteiger partial charge in [0.15, 0.2) is 0 Å². The minimum Gasteiger partial charge on any atom is -0.489 e. The molecule has 2 aromatic heterocycles. The molecule has 242 valence electrons. The van der Waals surface area contributed by atoms with Gasteiger partial charge >= 0.3 is 0 Å². The number of fused-ring (bicyclic) bond motifs is 2. The summed E-state index contributed by atoms with van der Waals surface area (Å²) in [7, 11) is 8.30. The van der Waals surface area contributed by atoms with Crippen LogP contribution in [0.2, 0.25) is 0 Å². The third-order valence-electron chi connectivity index (χ3n) is 8.13. The lowest BCUT2D eigenvalue weighted by molar-refractivity contribution is 0.306. The lowest BCUT2D eigenvalue weighted by Crippen LogP contribution is -2.10. The van der Waals surface area contributed by atoms with Crippen molar-refractivity contribution in [1.82, 2.24) is 29.7 Å². The zero-order valence-corrected chi connectivity index (χ0v) is 27.8. The lowest BCUT2D eigenvalue weighted by atomic mass is 10.1. The molecule has 8 nitrogen and oxygen atoms in total. The minimum absolute atomic E-state index is 0.511. The van der Waals surface area contributed by atoms with Crippen LogP contribution in [-0.4, -0.2) is 57.9 Å². The molecule has 2 heterocycles. The molecule has 2 N–H and O–H groups in total. The van der Waals surface area contributed by atoms with Gasteiger partial charge in [0.2, 0.25) is 0 Å². The number of rotatable bonds is 12. The fourth-order valence-electron chi connectivity index (χ4n) is 5.92. The van der Waals surface area contributed by atoms with E-state index in [9.17, 15) is 0 Å². The number of hydrogen-bond acceptors (Lipinski definition) is 6. The molecule has 7 aromatic rings. The summed E-state index contributed by atoms with van der Waals surface area (Å²) in [6, 6.07) is 37.3. The van der Waals surface area contributed by atoms with Crippen LogP contribution in [0.4, 0.5) is 0 Å². The van der Waals surface area contributed by atoms with Gasteiger partial charge < -0.3 is 29.2 Å². The number of nitrogens with zero attached hydrogens (tertiary/aromatic N) is 4. The van der Waals surface area contributed by atoms with Gasteiger partial charge in [-0.25, -0.2) is 9.97 Å². The fourth-order valence-corrected chi connectivity index (χ4v) is 5.92. The molecule has 0 amide bonds. The van der Waals surface area contributed by atoms with Crippen molar-refractivity contribution in [2.75, 3.05) is 28.2 Å². The molecule has 0 aliphatic heterocycles. The Hall–Kier alpha value is -5.44. The van der Waals surface area contributed by atoms with Crippen molar-refractivity contribution in [3.8, 4) is 34.3 Å². The van der Waals surface area contributed by atoms with Crippen molar-refractivity contribution in [2.24, 2.45) is 0 Å². The molecule has 0 saturated carbocycles. The summed E-state index contributed by atoms with van der Waals surface area (Å²) < 4.78 is 12.3. The summed E-state index contributed by atoms with van der Waals surface area (Å²) >= 11 is 0. The van der Waals surface area contributed by atoms with E-state index < -0.39 is 0 Å². The summed E-state index contributed by atoms with van der Waals surface area (Å²) in [6.45, 7) is 2.83. The van der Waals surface area contributed by atoms with Crippen LogP contribution in [0, 0.1) is 0 Å². The second-order valence-corrected chi connectivity index (χ2v) is 12.8. The number of aromatic amines is 2. The maximum Gasteiger partial charge on any atom is 0.138 e. The molecule has 0 radical (unpaired) electrons. The standard InChI is InChI=1S/C40H40N6O2/c1-45(2)23-27-7-5-9-29(19-27)25-47-33-15-17-35-37(21-33)43-39(41-35)31-11-13-32(14-12-31)40-42-36-18-16-34(22-38(36)44-40)48-26-30-10-6-8-28(20-30)24-46(3)4/h5-22H,23-26H2,1-4H3,(H,41,43)(H,42,44). The largest absolute Gasteiger partial charge is 0.489 e. The SMILES string of the molecule is CN(C)Cc1cccc(COc2ccc3nc(-c4ccc(-c5nc6ccc(OCc7cccc(CN(C)C)c7)cc6[nH]5)cc4)[nH]c3c2)c1. The van der Waals surface area contributed by atoms with Crippen molar-refractivity contribution in [2.45, 2.75) is 26.3 Å². The van der Waals surface area contributed by atoms with Gasteiger partial charge in [-0.15, -0.1) is 0 Å². The average Bonchev–Trinajstić information content (AvgIpc) is 3.70. The molecule has 0 spiro atoms. The molecule has 8 heteroatoms. The Morgan fingerprint density at radius 1 is 0.500 bits per heavy atom. The van der Waals surface area contributed by atoms with Crippen LogP contribution in [0.3, 0.4) is 0 Å². The zero-order chi connectivity index (χ0) is 33.0. The zero-order valence-electron chi connectivity index (χ0n) is 27.8. The lowest BCUT2D eigenvalue weighted by Gasteiger charge is -2.11. The van der Waals surface area contributed by atoms with E-state index in [1.54, 1.807) is 0 Å². The Morgan fingerprint density at radius 3 is 1.33 bits per heavy atom. The Labute approximate surface area is 281 Å². The van der Waals surface area contributed by atoms with Gasteiger partial charge in [0.1, 0.15) is 36.4 Å². The van der Waals surface area contributed by atoms with Crippen molar-refractivity contribution >= 4 is 22.1 Å². The number of imidazole rings is 2. The van der Waals surface area contributed by atoms with Gasteiger partial charge in [-0.3, -0.25) is 0 Å². The van der Waals surface area contributed by atoms with Gasteiger partial charge in [-0.2, -0.15) is 0 Å². The highest BCUT2D eigenvalue weighted by molar-refractivity contribution is 5.82. The molecule has 0 fully saturated rings. The molecule has 48 heavy (non-hydrogen) atoms. The van der Waals surface area contributed by atoms with E-state index in [-0.39, 0.29) is 0 Å². The molecule has 0 unspecified atom stereocenters. The number of H-pyrrole nitrogens is 2. The maximum atomic E-state index is 6.14. The Kier molecular flexibility index (Phi) is 8.92. The van der Waals surface area contributed by atoms with E-state index in [4.69, 9.17) is 19.4 Å². The Bertz CT molecular complexity index is 2010. The molecule has 0 aliphatic carbocycles. The predicted octanol–water partition coefficient (Wildman–Crippen LogP) is 8.05. The number of hydrogen-bond donors (Lipinski definition) is 2. The van der Waals surface area contributed by atoms with Crippen LogP contribution in [0.15, 0.2) is 109 Å². The van der Waals surface area contributed by atoms with Crippen LogP contribution in [0.5, 0.6) is 11.5 Å². The summed E-state index contributed by atoms with van der Waals surface area (Å²) in [5.74, 6) is 3.23. The third-order valence-corrected chi connectivity index (χ3v) is 8.13. The Morgan fingerprint density at radius 2 is 0.917 bits per heavy atom. The van der Waals surface area contributed by atoms with Crippen LogP contribution in [0.25, 0.3) is 44.8 Å². The molecule has 0 atom stereocenters. The third kappa shape index (κ3) is 7.41. The van der Waals surface area contributed by atoms with E-state index in [2.05, 4.69) is 121 Å². The van der Waals surface area contributed by atoms with Crippen LogP contribution < -0.4 is 9.47 Å². The number of nitrogens with one attached hydrogen (secondary N) is 2. The fraction of sp³-hybridized carbons (Fsp3) is 0.200. The molecule has 5 aromatic carbocycles. The number of ether oxygens (including phenoxy) is 2. The molecule has 0 saturated heterocycles. The monoisotopic (exact) mass is 636 g/mol. The summed E-state index contributed by atoms with van der Waals surface area (Å²) in [4.78, 5) is 20.9. The van der Waals surface area contributed by atoms with E-state index >= 15 is 0 Å². The first-order valence-corrected chi connectivity index (χ1v) is 16.2. The van der Waals surface area contributed by atoms with E-state index in [0.717, 1.165) is 80.6 Å². The molecular formula is C40H40N6O2. The smallest absolute Gasteiger partial charge is 0.138 e. The maximum absolute atomic E-state index is 6.14. The first-order chi connectivity index (χ1) is 23.3. The molecule has 0 bridgehead atoms. The highest BCUT2D eigenvalue weighted by Crippen LogP contribution is 2.28. The van der Waals surface area contributed by atoms with Crippen molar-refractivity contribution in [3.05, 3.63) is 131 Å². The second-order valence-electron chi connectivity index (χ2n) is 12.8. The summed E-state index contributed by atoms with van der Waals surface area (Å²) in [5, 5.41) is 0. The average molecular weight is 637 g/mol. The highest BCUT2D eigenvalue weighted by atomic mass is 16.5. The highest BCUT2D eigenvalue weighted by Gasteiger charge is 2.11. The van der Waals surface area contributed by atoms with Crippen LogP contribution >= 0.6 is 0 Å². The normalized spacial score (nSPS) is 11.6. The molecule has 7 rings (SSSR count). The van der Waals surface area contributed by atoms with E-state index in [1.165, 1.54) is 11.1 Å². The minimum atomic E-state index is 0.511. The van der Waals surface area contributed by atoms with Crippen molar-refractivity contribution in [3.63, 3.8) is 0 Å². The van der Waals surface area contributed by atoms with Gasteiger partial charge in [0.25, 0.3) is 0 Å². The van der Waals surface area contributed by atoms with E-state index in [0.29, 0.717) is 13.2 Å². The predicted molar refractivity (Wildman–Crippen MR) is 193 cm³/mol. The Balaban J connectivity index is 1.01. The van der Waals surface area contributed by atoms with Gasteiger partial charge in [-0.1, -0.05) is 72.8 Å². The first-order valence-electron chi connectivity index (χ1n) is 16.2. The quantitative estimate of drug-likeness (QED) is 0.141. The van der Waals surface area contributed by atoms with Crippen molar-refractivity contribution < 1.29 is 9.47 Å². The van der Waals surface area contributed by atoms with Crippen LogP contribution in [0.1, 0.15) is 22.3 Å². The molecular weight excluding hydrogens is 596 g/mol. The van der Waals surface area contributed by atoms with Crippen molar-refractivity contribution in [1.29, 1.82) is 0 Å². The number of aromatic nitrogens is 4. The summed E-state index contributed by atoms with van der Waals surface area (Å²) in [6.07, 6.45) is 0. The van der Waals surface area contributed by atoms with Gasteiger partial charge in [0.05, 0.1) is 22.1 Å². The number of benzene rings is 5. The topological polar surface area (TPSA) is 82.3 Å². The summed E-state index contributed by atoms with van der Waals surface area (Å²) in [5.41, 5.74) is 10.5. The van der Waals surface area contributed by atoms with Crippen LogP contribution in [-0.2, 0) is 26.3 Å².